The molecular weight excluding hydrogens is 308 g/mol. The Morgan fingerprint density at radius 1 is 1.18 bits per heavy atom. The predicted molar refractivity (Wildman–Crippen MR) is 88.1 cm³/mol. The molecule has 1 aromatic carbocycles. The van der Waals surface area contributed by atoms with E-state index in [1.165, 1.54) is 0 Å². The maximum absolute atomic E-state index is 11.8. The smallest absolute Gasteiger partial charge is 0.237 e. The maximum atomic E-state index is 11.8. The number of halogens is 1. The fraction of sp³-hybridized carbons (Fsp3) is 0.533. The average Bonchev–Trinajstić information content (AvgIpc) is 2.51. The van der Waals surface area contributed by atoms with Gasteiger partial charge in [-0.25, -0.2) is 0 Å². The molecule has 0 spiro atoms. The minimum Gasteiger partial charge on any atom is -0.493 e. The molecule has 0 fully saturated rings. The van der Waals surface area contributed by atoms with E-state index >= 15 is 0 Å². The first kappa shape index (κ1) is 20.3. The van der Waals surface area contributed by atoms with E-state index in [2.05, 4.69) is 5.32 Å². The van der Waals surface area contributed by atoms with Crippen molar-refractivity contribution in [3.63, 3.8) is 0 Å². The van der Waals surface area contributed by atoms with Crippen molar-refractivity contribution in [1.82, 2.24) is 5.32 Å². The average molecular weight is 333 g/mol. The maximum Gasteiger partial charge on any atom is 0.237 e. The second-order valence-electron chi connectivity index (χ2n) is 4.65. The number of ether oxygens (including phenoxy) is 3. The highest BCUT2D eigenvalue weighted by atomic mass is 35.5. The van der Waals surface area contributed by atoms with Crippen LogP contribution in [0.25, 0.3) is 0 Å². The number of carbonyl (C=O) groups excluding carboxylic acids is 1. The van der Waals surface area contributed by atoms with E-state index in [9.17, 15) is 4.79 Å². The Labute approximate surface area is 137 Å². The van der Waals surface area contributed by atoms with Gasteiger partial charge in [0.2, 0.25) is 11.7 Å². The molecule has 1 amide bonds. The number of methoxy groups -OCH3 is 3. The third-order valence-corrected chi connectivity index (χ3v) is 3.13. The molecule has 1 unspecified atom stereocenters. The van der Waals surface area contributed by atoms with E-state index in [1.807, 2.05) is 6.92 Å². The Morgan fingerprint density at radius 2 is 1.73 bits per heavy atom. The summed E-state index contributed by atoms with van der Waals surface area (Å²) in [5.41, 5.74) is 6.62. The first-order valence-corrected chi connectivity index (χ1v) is 6.89. The Kier molecular flexibility index (Phi) is 9.37. The summed E-state index contributed by atoms with van der Waals surface area (Å²) in [6.45, 7) is 2.35. The third-order valence-electron chi connectivity index (χ3n) is 3.13. The van der Waals surface area contributed by atoms with Crippen molar-refractivity contribution < 1.29 is 19.0 Å². The van der Waals surface area contributed by atoms with Gasteiger partial charge in [0.05, 0.1) is 27.4 Å². The molecule has 1 aromatic rings. The van der Waals surface area contributed by atoms with E-state index in [1.54, 1.807) is 33.5 Å². The van der Waals surface area contributed by atoms with Crippen LogP contribution >= 0.6 is 12.4 Å². The molecule has 0 aliphatic carbocycles. The Balaban J connectivity index is 0.00000441. The van der Waals surface area contributed by atoms with Crippen molar-refractivity contribution in [2.45, 2.75) is 32.4 Å². The summed E-state index contributed by atoms with van der Waals surface area (Å²) in [5, 5.41) is 2.81. The van der Waals surface area contributed by atoms with Crippen molar-refractivity contribution in [3.8, 4) is 17.2 Å². The van der Waals surface area contributed by atoms with Gasteiger partial charge in [-0.2, -0.15) is 0 Å². The molecule has 0 saturated carbocycles. The van der Waals surface area contributed by atoms with Crippen LogP contribution in [0.1, 0.15) is 25.3 Å². The van der Waals surface area contributed by atoms with Gasteiger partial charge in [-0.05, 0) is 24.1 Å². The molecule has 6 nitrogen and oxygen atoms in total. The minimum atomic E-state index is -0.475. The Hall–Kier alpha value is -1.66. The van der Waals surface area contributed by atoms with Crippen LogP contribution in [0.2, 0.25) is 0 Å². The quantitative estimate of drug-likeness (QED) is 0.759. The van der Waals surface area contributed by atoms with E-state index in [-0.39, 0.29) is 18.3 Å². The van der Waals surface area contributed by atoms with Crippen LogP contribution < -0.4 is 25.3 Å². The second-order valence-corrected chi connectivity index (χ2v) is 4.65. The summed E-state index contributed by atoms with van der Waals surface area (Å²) in [6, 6.07) is 3.12. The molecule has 1 atom stereocenters. The minimum absolute atomic E-state index is 0. The van der Waals surface area contributed by atoms with Gasteiger partial charge in [0.25, 0.3) is 0 Å². The summed E-state index contributed by atoms with van der Waals surface area (Å²) in [6.07, 6.45) is 1.54. The van der Waals surface area contributed by atoms with Crippen LogP contribution in [0.15, 0.2) is 12.1 Å². The van der Waals surface area contributed by atoms with Crippen LogP contribution in [0, 0.1) is 0 Å². The van der Waals surface area contributed by atoms with Gasteiger partial charge in [0, 0.05) is 6.54 Å². The molecule has 126 valence electrons. The fourth-order valence-corrected chi connectivity index (χ4v) is 2.00. The largest absolute Gasteiger partial charge is 0.493 e. The summed E-state index contributed by atoms with van der Waals surface area (Å²) in [4.78, 5) is 11.8. The molecule has 0 bridgehead atoms. The molecule has 0 aliphatic heterocycles. The van der Waals surface area contributed by atoms with E-state index < -0.39 is 6.04 Å². The van der Waals surface area contributed by atoms with Crippen molar-refractivity contribution in [2.24, 2.45) is 5.73 Å². The summed E-state index contributed by atoms with van der Waals surface area (Å²) in [5.74, 6) is 1.47. The molecule has 0 aromatic heterocycles. The zero-order valence-corrected chi connectivity index (χ0v) is 14.3. The molecule has 3 N–H and O–H groups in total. The standard InChI is InChI=1S/C15H24N2O4.ClH/c1-5-6-11(16)15(18)17-9-10-7-12(19-2)14(21-4)13(8-10)20-3;/h7-8,11H,5-6,9,16H2,1-4H3,(H,17,18);1H. The molecule has 7 heteroatoms. The van der Waals surface area contributed by atoms with Gasteiger partial charge in [-0.15, -0.1) is 12.4 Å². The first-order valence-electron chi connectivity index (χ1n) is 6.89. The predicted octanol–water partition coefficient (Wildman–Crippen LogP) is 1.88. The van der Waals surface area contributed by atoms with Gasteiger partial charge in [0.1, 0.15) is 0 Å². The van der Waals surface area contributed by atoms with Crippen molar-refractivity contribution in [3.05, 3.63) is 17.7 Å². The number of nitrogens with one attached hydrogen (secondary N) is 1. The molecule has 0 heterocycles. The highest BCUT2D eigenvalue weighted by Crippen LogP contribution is 2.38. The highest BCUT2D eigenvalue weighted by molar-refractivity contribution is 5.85. The molecule has 1 rings (SSSR count). The number of hydrogen-bond acceptors (Lipinski definition) is 5. The van der Waals surface area contributed by atoms with E-state index in [0.717, 1.165) is 12.0 Å². The van der Waals surface area contributed by atoms with Gasteiger partial charge in [-0.3, -0.25) is 4.79 Å². The molecule has 0 radical (unpaired) electrons. The lowest BCUT2D eigenvalue weighted by Gasteiger charge is -2.15. The summed E-state index contributed by atoms with van der Waals surface area (Å²) in [7, 11) is 4.65. The van der Waals surface area contributed by atoms with Gasteiger partial charge in [0.15, 0.2) is 11.5 Å². The van der Waals surface area contributed by atoms with Crippen LogP contribution in [0.3, 0.4) is 0 Å². The topological polar surface area (TPSA) is 82.8 Å². The van der Waals surface area contributed by atoms with Crippen molar-refractivity contribution in [2.75, 3.05) is 21.3 Å². The lowest BCUT2D eigenvalue weighted by atomic mass is 10.1. The van der Waals surface area contributed by atoms with Gasteiger partial charge >= 0.3 is 0 Å². The normalized spacial score (nSPS) is 11.1. The zero-order chi connectivity index (χ0) is 15.8. The van der Waals surface area contributed by atoms with Crippen LogP contribution in [-0.4, -0.2) is 33.3 Å². The third kappa shape index (κ3) is 5.27. The number of rotatable bonds is 8. The van der Waals surface area contributed by atoms with Crippen LogP contribution in [0.5, 0.6) is 17.2 Å². The second kappa shape index (κ2) is 10.1. The zero-order valence-electron chi connectivity index (χ0n) is 13.5. The number of carbonyl (C=O) groups is 1. The number of amides is 1. The summed E-state index contributed by atoms with van der Waals surface area (Å²) >= 11 is 0. The Morgan fingerprint density at radius 3 is 2.14 bits per heavy atom. The summed E-state index contributed by atoms with van der Waals surface area (Å²) < 4.78 is 15.8. The number of benzene rings is 1. The lowest BCUT2D eigenvalue weighted by molar-refractivity contribution is -0.122. The number of hydrogen-bond donors (Lipinski definition) is 2. The van der Waals surface area contributed by atoms with Gasteiger partial charge < -0.3 is 25.3 Å². The molecular formula is C15H25ClN2O4. The molecule has 22 heavy (non-hydrogen) atoms. The van der Waals surface area contributed by atoms with Crippen molar-refractivity contribution >= 4 is 18.3 Å². The molecule has 0 saturated heterocycles. The first-order chi connectivity index (χ1) is 10.1. The highest BCUT2D eigenvalue weighted by Gasteiger charge is 2.15. The van der Waals surface area contributed by atoms with Gasteiger partial charge in [-0.1, -0.05) is 13.3 Å². The van der Waals surface area contributed by atoms with E-state index in [0.29, 0.717) is 30.2 Å². The fourth-order valence-electron chi connectivity index (χ4n) is 2.00. The van der Waals surface area contributed by atoms with Crippen LogP contribution in [-0.2, 0) is 11.3 Å². The molecule has 0 aliphatic rings. The van der Waals surface area contributed by atoms with Crippen molar-refractivity contribution in [1.29, 1.82) is 0 Å². The number of nitrogens with two attached hydrogens (primary N) is 1. The van der Waals surface area contributed by atoms with E-state index in [4.69, 9.17) is 19.9 Å². The SMILES string of the molecule is CCCC(N)C(=O)NCc1cc(OC)c(OC)c(OC)c1.Cl. The Bertz CT molecular complexity index is 458. The monoisotopic (exact) mass is 332 g/mol. The van der Waals surface area contributed by atoms with Crippen LogP contribution in [0.4, 0.5) is 0 Å². The lowest BCUT2D eigenvalue weighted by Crippen LogP contribution is -2.40.